The van der Waals surface area contributed by atoms with Crippen LogP contribution in [0.1, 0.15) is 30.9 Å². The van der Waals surface area contributed by atoms with Crippen LogP contribution in [0.4, 0.5) is 0 Å². The molecule has 1 atom stereocenters. The third-order valence-corrected chi connectivity index (χ3v) is 2.96. The van der Waals surface area contributed by atoms with E-state index in [1.54, 1.807) is 7.11 Å². The standard InChI is InChI=1S/C12H17NO/c1-14-11-7-5-10(6-8-11)12-4-2-3-9-13-12/h5-8,12-13H,2-4,9H2,1H3/p+1/t12-/m1/s1. The molecule has 2 heteroatoms. The minimum absolute atomic E-state index is 0.676. The van der Waals surface area contributed by atoms with E-state index in [1.807, 2.05) is 0 Å². The lowest BCUT2D eigenvalue weighted by Gasteiger charge is -2.20. The molecule has 1 aromatic rings. The Bertz CT molecular complexity index is 275. The van der Waals surface area contributed by atoms with E-state index in [0.29, 0.717) is 6.04 Å². The molecular formula is C12H18NO+. The fourth-order valence-corrected chi connectivity index (χ4v) is 2.10. The Morgan fingerprint density at radius 3 is 2.57 bits per heavy atom. The Morgan fingerprint density at radius 2 is 2.00 bits per heavy atom. The Kier molecular flexibility index (Phi) is 3.04. The first-order chi connectivity index (χ1) is 6.90. The average molecular weight is 192 g/mol. The highest BCUT2D eigenvalue weighted by Crippen LogP contribution is 2.20. The number of nitrogens with two attached hydrogens (primary N) is 1. The van der Waals surface area contributed by atoms with Crippen LogP contribution in [0.15, 0.2) is 24.3 Å². The van der Waals surface area contributed by atoms with E-state index < -0.39 is 0 Å². The molecule has 0 spiro atoms. The molecule has 0 radical (unpaired) electrons. The zero-order valence-electron chi connectivity index (χ0n) is 8.70. The van der Waals surface area contributed by atoms with Gasteiger partial charge in [-0.2, -0.15) is 0 Å². The molecule has 1 heterocycles. The van der Waals surface area contributed by atoms with Crippen molar-refractivity contribution in [1.82, 2.24) is 0 Å². The minimum Gasteiger partial charge on any atom is -0.497 e. The summed E-state index contributed by atoms with van der Waals surface area (Å²) in [5.74, 6) is 0.949. The Balaban J connectivity index is 2.07. The smallest absolute Gasteiger partial charge is 0.118 e. The van der Waals surface area contributed by atoms with Crippen molar-refractivity contribution in [3.63, 3.8) is 0 Å². The Hall–Kier alpha value is -1.02. The van der Waals surface area contributed by atoms with Crippen LogP contribution in [0.5, 0.6) is 5.75 Å². The van der Waals surface area contributed by atoms with Gasteiger partial charge in [0.05, 0.1) is 13.7 Å². The molecule has 0 aromatic heterocycles. The number of ether oxygens (including phenoxy) is 1. The van der Waals surface area contributed by atoms with Crippen molar-refractivity contribution in [2.75, 3.05) is 13.7 Å². The quantitative estimate of drug-likeness (QED) is 0.754. The summed E-state index contributed by atoms with van der Waals surface area (Å²) in [5.41, 5.74) is 1.44. The second-order valence-electron chi connectivity index (χ2n) is 3.90. The van der Waals surface area contributed by atoms with E-state index in [2.05, 4.69) is 29.6 Å². The fourth-order valence-electron chi connectivity index (χ4n) is 2.10. The maximum atomic E-state index is 5.15. The molecule has 0 saturated carbocycles. The largest absolute Gasteiger partial charge is 0.497 e. The van der Waals surface area contributed by atoms with Gasteiger partial charge in [-0.25, -0.2) is 0 Å². The van der Waals surface area contributed by atoms with Crippen molar-refractivity contribution in [3.05, 3.63) is 29.8 Å². The van der Waals surface area contributed by atoms with Crippen molar-refractivity contribution in [3.8, 4) is 5.75 Å². The van der Waals surface area contributed by atoms with E-state index in [9.17, 15) is 0 Å². The van der Waals surface area contributed by atoms with E-state index in [-0.39, 0.29) is 0 Å². The Labute approximate surface area is 85.3 Å². The van der Waals surface area contributed by atoms with Gasteiger partial charge in [-0.1, -0.05) is 0 Å². The van der Waals surface area contributed by atoms with Gasteiger partial charge in [0.1, 0.15) is 11.8 Å². The van der Waals surface area contributed by atoms with Crippen LogP contribution >= 0.6 is 0 Å². The van der Waals surface area contributed by atoms with Crippen LogP contribution in [0.2, 0.25) is 0 Å². The number of rotatable bonds is 2. The number of hydrogen-bond acceptors (Lipinski definition) is 1. The maximum absolute atomic E-state index is 5.15. The second-order valence-corrected chi connectivity index (χ2v) is 3.90. The summed E-state index contributed by atoms with van der Waals surface area (Å²) < 4.78 is 5.15. The predicted molar refractivity (Wildman–Crippen MR) is 56.4 cm³/mol. The summed E-state index contributed by atoms with van der Waals surface area (Å²) in [6, 6.07) is 9.15. The third kappa shape index (κ3) is 2.07. The average Bonchev–Trinajstić information content (AvgIpc) is 2.30. The van der Waals surface area contributed by atoms with Crippen LogP contribution in [-0.2, 0) is 0 Å². The van der Waals surface area contributed by atoms with Crippen LogP contribution in [0.25, 0.3) is 0 Å². The summed E-state index contributed by atoms with van der Waals surface area (Å²) in [7, 11) is 1.71. The molecule has 0 bridgehead atoms. The van der Waals surface area contributed by atoms with Gasteiger partial charge >= 0.3 is 0 Å². The first-order valence-electron chi connectivity index (χ1n) is 5.37. The highest BCUT2D eigenvalue weighted by Gasteiger charge is 2.17. The molecule has 1 aliphatic rings. The molecule has 2 rings (SSSR count). The minimum atomic E-state index is 0.676. The van der Waals surface area contributed by atoms with Gasteiger partial charge in [0.2, 0.25) is 0 Å². The SMILES string of the molecule is COc1ccc([C@H]2CCCC[NH2+]2)cc1. The monoisotopic (exact) mass is 192 g/mol. The number of hydrogen-bond donors (Lipinski definition) is 1. The van der Waals surface area contributed by atoms with Gasteiger partial charge in [-0.3, -0.25) is 0 Å². The lowest BCUT2D eigenvalue weighted by molar-refractivity contribution is -0.704. The normalized spacial score (nSPS) is 21.9. The number of methoxy groups -OCH3 is 1. The van der Waals surface area contributed by atoms with E-state index in [0.717, 1.165) is 5.75 Å². The number of piperidine rings is 1. The van der Waals surface area contributed by atoms with Gasteiger partial charge in [0.25, 0.3) is 0 Å². The summed E-state index contributed by atoms with van der Waals surface area (Å²) in [6.45, 7) is 1.27. The highest BCUT2D eigenvalue weighted by atomic mass is 16.5. The molecule has 14 heavy (non-hydrogen) atoms. The van der Waals surface area contributed by atoms with Gasteiger partial charge in [-0.15, -0.1) is 0 Å². The van der Waals surface area contributed by atoms with Crippen molar-refractivity contribution < 1.29 is 10.1 Å². The van der Waals surface area contributed by atoms with Crippen molar-refractivity contribution in [2.24, 2.45) is 0 Å². The third-order valence-electron chi connectivity index (χ3n) is 2.96. The van der Waals surface area contributed by atoms with Crippen LogP contribution in [0, 0.1) is 0 Å². The van der Waals surface area contributed by atoms with Crippen LogP contribution in [0.3, 0.4) is 0 Å². The zero-order valence-corrected chi connectivity index (χ0v) is 8.70. The first-order valence-corrected chi connectivity index (χ1v) is 5.37. The number of benzene rings is 1. The highest BCUT2D eigenvalue weighted by molar-refractivity contribution is 5.28. The molecule has 1 fully saturated rings. The molecule has 1 aromatic carbocycles. The van der Waals surface area contributed by atoms with Gasteiger partial charge in [0.15, 0.2) is 0 Å². The molecule has 76 valence electrons. The molecule has 0 unspecified atom stereocenters. The lowest BCUT2D eigenvalue weighted by Crippen LogP contribution is -2.86. The van der Waals surface area contributed by atoms with Crippen molar-refractivity contribution in [1.29, 1.82) is 0 Å². The summed E-state index contributed by atoms with van der Waals surface area (Å²) in [4.78, 5) is 0. The molecule has 0 aliphatic carbocycles. The topological polar surface area (TPSA) is 25.8 Å². The molecule has 1 aliphatic heterocycles. The predicted octanol–water partition coefficient (Wildman–Crippen LogP) is 1.48. The fraction of sp³-hybridized carbons (Fsp3) is 0.500. The Morgan fingerprint density at radius 1 is 1.21 bits per heavy atom. The summed E-state index contributed by atoms with van der Waals surface area (Å²) in [6.07, 6.45) is 4.05. The van der Waals surface area contributed by atoms with Crippen molar-refractivity contribution in [2.45, 2.75) is 25.3 Å². The van der Waals surface area contributed by atoms with E-state index in [1.165, 1.54) is 31.4 Å². The number of quaternary nitrogens is 1. The summed E-state index contributed by atoms with van der Waals surface area (Å²) >= 11 is 0. The molecule has 0 amide bonds. The second kappa shape index (κ2) is 4.47. The van der Waals surface area contributed by atoms with E-state index >= 15 is 0 Å². The van der Waals surface area contributed by atoms with Gasteiger partial charge in [-0.05, 0) is 37.1 Å². The summed E-state index contributed by atoms with van der Waals surface area (Å²) in [5, 5.41) is 2.45. The van der Waals surface area contributed by atoms with Crippen LogP contribution in [-0.4, -0.2) is 13.7 Å². The molecule has 2 nitrogen and oxygen atoms in total. The molecule has 2 N–H and O–H groups in total. The maximum Gasteiger partial charge on any atom is 0.118 e. The lowest BCUT2D eigenvalue weighted by atomic mass is 9.98. The van der Waals surface area contributed by atoms with Crippen molar-refractivity contribution >= 4 is 0 Å². The molecule has 1 saturated heterocycles. The first kappa shape index (κ1) is 9.53. The zero-order chi connectivity index (χ0) is 9.80. The van der Waals surface area contributed by atoms with Gasteiger partial charge < -0.3 is 10.1 Å². The van der Waals surface area contributed by atoms with Crippen LogP contribution < -0.4 is 10.1 Å². The van der Waals surface area contributed by atoms with Gasteiger partial charge in [0, 0.05) is 12.0 Å². The van der Waals surface area contributed by atoms with E-state index in [4.69, 9.17) is 4.74 Å². The molecular weight excluding hydrogens is 174 g/mol.